The molecule has 0 spiro atoms. The molecule has 0 aliphatic carbocycles. The molecule has 80 valence electrons. The Morgan fingerprint density at radius 3 is 2.93 bits per heavy atom. The highest BCUT2D eigenvalue weighted by atomic mass is 79.9. The highest BCUT2D eigenvalue weighted by Crippen LogP contribution is 2.21. The lowest BCUT2D eigenvalue weighted by molar-refractivity contribution is 0.0411. The summed E-state index contributed by atoms with van der Waals surface area (Å²) < 4.78 is 31.1. The van der Waals surface area contributed by atoms with Crippen LogP contribution in [0.4, 0.5) is 8.78 Å². The molecule has 6 heteroatoms. The van der Waals surface area contributed by atoms with Gasteiger partial charge in [0, 0.05) is 6.61 Å². The Hall–Kier alpha value is -0.490. The van der Waals surface area contributed by atoms with Gasteiger partial charge in [0.1, 0.15) is 0 Å². The summed E-state index contributed by atoms with van der Waals surface area (Å²) in [5.41, 5.74) is 0.369. The third kappa shape index (κ3) is 2.75. The predicted molar refractivity (Wildman–Crippen MR) is 51.1 cm³/mol. The van der Waals surface area contributed by atoms with Gasteiger partial charge in [-0.1, -0.05) is 6.92 Å². The van der Waals surface area contributed by atoms with Gasteiger partial charge in [-0.3, -0.25) is 0 Å². The molecule has 0 fully saturated rings. The van der Waals surface area contributed by atoms with Gasteiger partial charge in [-0.25, -0.2) is 4.68 Å². The summed E-state index contributed by atoms with van der Waals surface area (Å²) in [6.45, 7) is 0.0422. The van der Waals surface area contributed by atoms with Crippen LogP contribution in [-0.4, -0.2) is 16.4 Å². The monoisotopic (exact) mass is 268 g/mol. The van der Waals surface area contributed by atoms with Crippen molar-refractivity contribution in [3.05, 3.63) is 16.4 Å². The predicted octanol–water partition coefficient (Wildman–Crippen LogP) is 2.97. The summed E-state index contributed by atoms with van der Waals surface area (Å²) >= 11 is 3.14. The van der Waals surface area contributed by atoms with E-state index in [2.05, 4.69) is 21.0 Å². The van der Waals surface area contributed by atoms with Gasteiger partial charge in [-0.05, 0) is 22.4 Å². The summed E-state index contributed by atoms with van der Waals surface area (Å²) in [6, 6.07) is 0. The Balaban J connectivity index is 2.67. The largest absolute Gasteiger partial charge is 0.375 e. The van der Waals surface area contributed by atoms with Gasteiger partial charge in [0.25, 0.3) is 0 Å². The molecule has 1 heterocycles. The van der Waals surface area contributed by atoms with Crippen LogP contribution in [0, 0.1) is 0 Å². The van der Waals surface area contributed by atoms with Crippen LogP contribution in [0.5, 0.6) is 0 Å². The average Bonchev–Trinajstić information content (AvgIpc) is 2.48. The van der Waals surface area contributed by atoms with Crippen LogP contribution in [0.2, 0.25) is 0 Å². The maximum Gasteiger partial charge on any atom is 0.333 e. The molecular formula is C8H11BrF2N2O. The summed E-state index contributed by atoms with van der Waals surface area (Å²) in [6.07, 6.45) is 2.21. The molecule has 0 N–H and O–H groups in total. The molecule has 0 saturated heterocycles. The fourth-order valence-electron chi connectivity index (χ4n) is 0.983. The fourth-order valence-corrected chi connectivity index (χ4v) is 1.37. The van der Waals surface area contributed by atoms with Crippen molar-refractivity contribution >= 4 is 15.9 Å². The number of hydrogen-bond donors (Lipinski definition) is 0. The van der Waals surface area contributed by atoms with E-state index in [-0.39, 0.29) is 6.61 Å². The molecule has 0 aliphatic heterocycles. The van der Waals surface area contributed by atoms with Crippen LogP contribution in [0.15, 0.2) is 10.7 Å². The zero-order valence-corrected chi connectivity index (χ0v) is 9.30. The second kappa shape index (κ2) is 5.41. The van der Waals surface area contributed by atoms with Crippen molar-refractivity contribution in [2.24, 2.45) is 0 Å². The first-order valence-corrected chi connectivity index (χ1v) is 5.04. The zero-order valence-electron chi connectivity index (χ0n) is 7.71. The third-order valence-corrected chi connectivity index (χ3v) is 2.28. The number of ether oxygens (including phenoxy) is 1. The standard InChI is InChI=1S/C8H11BrF2N2O/c1-2-3-14-5-7-6(9)4-12-13(7)8(10)11/h4,8H,2-3,5H2,1H3. The van der Waals surface area contributed by atoms with Crippen LogP contribution >= 0.6 is 15.9 Å². The second-order valence-electron chi connectivity index (χ2n) is 2.71. The van der Waals surface area contributed by atoms with Gasteiger partial charge in [-0.15, -0.1) is 0 Å². The van der Waals surface area contributed by atoms with Crippen molar-refractivity contribution in [3.63, 3.8) is 0 Å². The lowest BCUT2D eigenvalue weighted by atomic mass is 10.4. The first-order valence-electron chi connectivity index (χ1n) is 4.24. The van der Waals surface area contributed by atoms with E-state index in [0.29, 0.717) is 21.5 Å². The van der Waals surface area contributed by atoms with Crippen LogP contribution in [0.1, 0.15) is 25.6 Å². The molecule has 0 radical (unpaired) electrons. The Morgan fingerprint density at radius 1 is 1.64 bits per heavy atom. The highest BCUT2D eigenvalue weighted by molar-refractivity contribution is 9.10. The molecule has 1 aromatic rings. The number of hydrogen-bond acceptors (Lipinski definition) is 2. The van der Waals surface area contributed by atoms with Gasteiger partial charge in [0.2, 0.25) is 0 Å². The van der Waals surface area contributed by atoms with E-state index in [4.69, 9.17) is 4.74 Å². The van der Waals surface area contributed by atoms with E-state index in [1.807, 2.05) is 6.92 Å². The number of rotatable bonds is 5. The minimum atomic E-state index is -2.62. The van der Waals surface area contributed by atoms with Crippen LogP contribution < -0.4 is 0 Å². The molecule has 0 amide bonds. The Kier molecular flexibility index (Phi) is 4.47. The van der Waals surface area contributed by atoms with E-state index >= 15 is 0 Å². The molecule has 0 aromatic carbocycles. The number of halogens is 3. The highest BCUT2D eigenvalue weighted by Gasteiger charge is 2.15. The Bertz CT molecular complexity index is 291. The molecule has 1 aromatic heterocycles. The van der Waals surface area contributed by atoms with Crippen molar-refractivity contribution in [2.75, 3.05) is 6.61 Å². The second-order valence-corrected chi connectivity index (χ2v) is 3.57. The van der Waals surface area contributed by atoms with Gasteiger partial charge in [0.15, 0.2) is 0 Å². The third-order valence-electron chi connectivity index (χ3n) is 1.62. The zero-order chi connectivity index (χ0) is 10.6. The molecule has 14 heavy (non-hydrogen) atoms. The summed E-state index contributed by atoms with van der Waals surface area (Å²) in [7, 11) is 0. The molecule has 0 bridgehead atoms. The van der Waals surface area contributed by atoms with E-state index < -0.39 is 6.55 Å². The maximum absolute atomic E-state index is 12.4. The quantitative estimate of drug-likeness (QED) is 0.768. The Morgan fingerprint density at radius 2 is 2.36 bits per heavy atom. The summed E-state index contributed by atoms with van der Waals surface area (Å²) in [4.78, 5) is 0. The van der Waals surface area contributed by atoms with Crippen molar-refractivity contribution < 1.29 is 13.5 Å². The Labute approximate surface area is 89.2 Å². The summed E-state index contributed by atoms with van der Waals surface area (Å²) in [5, 5.41) is 3.53. The van der Waals surface area contributed by atoms with Gasteiger partial charge < -0.3 is 4.74 Å². The average molecular weight is 269 g/mol. The molecule has 0 unspecified atom stereocenters. The van der Waals surface area contributed by atoms with E-state index in [1.165, 1.54) is 6.20 Å². The van der Waals surface area contributed by atoms with Crippen molar-refractivity contribution in [1.82, 2.24) is 9.78 Å². The fraction of sp³-hybridized carbons (Fsp3) is 0.625. The molecular weight excluding hydrogens is 258 g/mol. The van der Waals surface area contributed by atoms with Crippen molar-refractivity contribution in [1.29, 1.82) is 0 Å². The van der Waals surface area contributed by atoms with Crippen LogP contribution in [0.25, 0.3) is 0 Å². The smallest absolute Gasteiger partial charge is 0.333 e. The van der Waals surface area contributed by atoms with Crippen LogP contribution in [-0.2, 0) is 11.3 Å². The normalized spacial score (nSPS) is 11.2. The minimum absolute atomic E-state index is 0.152. The molecule has 1 rings (SSSR count). The van der Waals surface area contributed by atoms with Crippen molar-refractivity contribution in [2.45, 2.75) is 26.5 Å². The maximum atomic E-state index is 12.4. The summed E-state index contributed by atoms with van der Waals surface area (Å²) in [5.74, 6) is 0. The van der Waals surface area contributed by atoms with Gasteiger partial charge in [-0.2, -0.15) is 13.9 Å². The number of alkyl halides is 2. The number of aromatic nitrogens is 2. The van der Waals surface area contributed by atoms with Gasteiger partial charge >= 0.3 is 6.55 Å². The SMILES string of the molecule is CCCOCc1c(Br)cnn1C(F)F. The van der Waals surface area contributed by atoms with E-state index in [0.717, 1.165) is 6.42 Å². The van der Waals surface area contributed by atoms with Crippen molar-refractivity contribution in [3.8, 4) is 0 Å². The van der Waals surface area contributed by atoms with E-state index in [9.17, 15) is 8.78 Å². The first kappa shape index (κ1) is 11.6. The van der Waals surface area contributed by atoms with E-state index in [1.54, 1.807) is 0 Å². The molecule has 0 atom stereocenters. The van der Waals surface area contributed by atoms with Crippen LogP contribution in [0.3, 0.4) is 0 Å². The lowest BCUT2D eigenvalue weighted by Gasteiger charge is -2.06. The molecule has 3 nitrogen and oxygen atoms in total. The topological polar surface area (TPSA) is 27.1 Å². The lowest BCUT2D eigenvalue weighted by Crippen LogP contribution is -2.07. The first-order chi connectivity index (χ1) is 6.66. The molecule has 0 aliphatic rings. The number of nitrogens with zero attached hydrogens (tertiary/aromatic N) is 2. The molecule has 0 saturated carbocycles. The minimum Gasteiger partial charge on any atom is -0.375 e. The van der Waals surface area contributed by atoms with Gasteiger partial charge in [0.05, 0.1) is 23.0 Å².